The van der Waals surface area contributed by atoms with Crippen molar-refractivity contribution in [2.75, 3.05) is 0 Å². The molecule has 25 heavy (non-hydrogen) atoms. The van der Waals surface area contributed by atoms with Crippen molar-refractivity contribution in [3.8, 4) is 11.5 Å². The van der Waals surface area contributed by atoms with Gasteiger partial charge in [0.15, 0.2) is 0 Å². The van der Waals surface area contributed by atoms with E-state index in [4.69, 9.17) is 10.2 Å². The Hall–Kier alpha value is 1.31. The number of benzene rings is 2. The van der Waals surface area contributed by atoms with E-state index in [2.05, 4.69) is 0 Å². The van der Waals surface area contributed by atoms with E-state index in [9.17, 15) is 0 Å². The summed E-state index contributed by atoms with van der Waals surface area (Å²) in [7, 11) is 0. The summed E-state index contributed by atoms with van der Waals surface area (Å²) in [4.78, 5) is 0. The van der Waals surface area contributed by atoms with E-state index in [1.165, 1.54) is 0 Å². The van der Waals surface area contributed by atoms with E-state index < -0.39 is 0 Å². The van der Waals surface area contributed by atoms with Gasteiger partial charge in [-0.2, -0.15) is 0 Å². The Morgan fingerprint density at radius 2 is 0.760 bits per heavy atom. The second-order valence-corrected chi connectivity index (χ2v) is 3.51. The first-order chi connectivity index (χ1) is 9.24. The van der Waals surface area contributed by atoms with Crippen molar-refractivity contribution in [3.63, 3.8) is 0 Å². The van der Waals surface area contributed by atoms with Crippen LogP contribution in [0.5, 0.6) is 11.5 Å². The Balaban J connectivity index is -0.0000000607. The van der Waals surface area contributed by atoms with Crippen molar-refractivity contribution in [2.45, 2.75) is 34.1 Å². The maximum atomic E-state index is 9.13. The molecule has 0 aliphatic heterocycles. The van der Waals surface area contributed by atoms with E-state index in [-0.39, 0.29) is 130 Å². The summed E-state index contributed by atoms with van der Waals surface area (Å²) in [6.45, 7) is 8.00. The number of hydrogen-bond donors (Lipinski definition) is 2. The number of aromatic hydroxyl groups is 2. The second-order valence-electron chi connectivity index (χ2n) is 3.51. The topological polar surface area (TPSA) is 72.0 Å². The first-order valence-corrected chi connectivity index (χ1v) is 6.80. The van der Waals surface area contributed by atoms with Gasteiger partial charge in [0.25, 0.3) is 0 Å². The predicted molar refractivity (Wildman–Crippen MR) is 98.2 cm³/mol. The fraction of sp³-hybridized carbons (Fsp3) is 0.263. The second kappa shape index (κ2) is 30.1. The molecular formula is C19H32O3Y3-2. The third-order valence-corrected chi connectivity index (χ3v) is 2.28. The fourth-order valence-electron chi connectivity index (χ4n) is 1.46. The molecule has 6 heteroatoms. The van der Waals surface area contributed by atoms with Crippen LogP contribution in [0.3, 0.4) is 0 Å². The molecule has 2 aromatic carbocycles. The van der Waals surface area contributed by atoms with Crippen LogP contribution in [0.15, 0.2) is 48.5 Å². The first-order valence-electron chi connectivity index (χ1n) is 6.80. The first kappa shape index (κ1) is 45.2. The van der Waals surface area contributed by atoms with Gasteiger partial charge in [-0.05, 0) is 41.8 Å². The molecule has 0 heterocycles. The van der Waals surface area contributed by atoms with Crippen molar-refractivity contribution in [1.29, 1.82) is 0 Å². The minimum absolute atomic E-state index is 0. The van der Waals surface area contributed by atoms with E-state index >= 15 is 0 Å². The van der Waals surface area contributed by atoms with Crippen LogP contribution in [0.1, 0.15) is 38.8 Å². The van der Waals surface area contributed by atoms with Gasteiger partial charge < -0.3 is 30.5 Å². The molecule has 0 saturated heterocycles. The van der Waals surface area contributed by atoms with E-state index in [1.807, 2.05) is 52.0 Å². The average molecular weight is 575 g/mol. The molecule has 0 aliphatic carbocycles. The van der Waals surface area contributed by atoms with E-state index in [1.54, 1.807) is 24.3 Å². The normalized spacial score (nSPS) is 6.56. The van der Waals surface area contributed by atoms with Crippen LogP contribution in [0, 0.1) is 14.9 Å². The zero-order valence-electron chi connectivity index (χ0n) is 16.5. The van der Waals surface area contributed by atoms with Gasteiger partial charge in [-0.25, -0.2) is 0 Å². The van der Waals surface area contributed by atoms with Crippen LogP contribution in [-0.4, -0.2) is 15.7 Å². The molecule has 4 N–H and O–H groups in total. The average Bonchev–Trinajstić information content (AvgIpc) is 2.48. The summed E-state index contributed by atoms with van der Waals surface area (Å²) in [5, 5.41) is 18.3. The fourth-order valence-corrected chi connectivity index (χ4v) is 1.46. The Bertz CT molecular complexity index is 403. The summed E-state index contributed by atoms with van der Waals surface area (Å²) in [6.07, 6.45) is 0.806. The predicted octanol–water partition coefficient (Wildman–Crippen LogP) is 4.81. The van der Waals surface area contributed by atoms with Gasteiger partial charge >= 0.3 is 0 Å². The van der Waals surface area contributed by atoms with Crippen molar-refractivity contribution < 1.29 is 114 Å². The van der Waals surface area contributed by atoms with Crippen LogP contribution in [-0.2, 0) is 105 Å². The molecule has 0 amide bonds. The molecular weight excluding hydrogens is 543 g/mol. The minimum Gasteiger partial charge on any atom is -0.508 e. The van der Waals surface area contributed by atoms with E-state index in [0.29, 0.717) is 0 Å². The van der Waals surface area contributed by atoms with Gasteiger partial charge in [-0.3, -0.25) is 0 Å². The Morgan fingerprint density at radius 3 is 0.960 bits per heavy atom. The van der Waals surface area contributed by atoms with Crippen molar-refractivity contribution in [2.24, 2.45) is 0 Å². The van der Waals surface area contributed by atoms with Gasteiger partial charge in [0.05, 0.1) is 0 Å². The molecule has 0 fully saturated rings. The molecule has 0 bridgehead atoms. The summed E-state index contributed by atoms with van der Waals surface area (Å²) < 4.78 is 0. The standard InChI is InChI=1S/C13H12O2.2C2H6.2CH3.H2O.3Y/c14-12-5-1-10(2-6-12)9-11-3-7-13(15)8-4-11;2*1-2;;;;;;/h1-8,14-15H,9H2;2*1-2H3;2*1H3;1H2;;;/q;;;2*-1;;;;. The maximum absolute atomic E-state index is 9.13. The Morgan fingerprint density at radius 1 is 0.560 bits per heavy atom. The van der Waals surface area contributed by atoms with Crippen molar-refractivity contribution in [3.05, 3.63) is 74.5 Å². The summed E-state index contributed by atoms with van der Waals surface area (Å²) in [5.74, 6) is 0.564. The van der Waals surface area contributed by atoms with Gasteiger partial charge in [0.1, 0.15) is 11.5 Å². The molecule has 3 radical (unpaired) electrons. The molecule has 2 aromatic rings. The van der Waals surface area contributed by atoms with Gasteiger partial charge in [-0.15, -0.1) is 0 Å². The van der Waals surface area contributed by atoms with Gasteiger partial charge in [-0.1, -0.05) is 52.0 Å². The van der Waals surface area contributed by atoms with Gasteiger partial charge in [0.2, 0.25) is 0 Å². The number of phenolic OH excluding ortho intramolecular Hbond substituents is 2. The number of phenols is 2. The number of rotatable bonds is 2. The van der Waals surface area contributed by atoms with Crippen LogP contribution >= 0.6 is 0 Å². The maximum Gasteiger partial charge on any atom is 0.115 e. The zero-order chi connectivity index (χ0) is 14.7. The number of hydrogen-bond acceptors (Lipinski definition) is 2. The molecule has 0 aliphatic rings. The molecule has 0 atom stereocenters. The molecule has 137 valence electrons. The molecule has 3 nitrogen and oxygen atoms in total. The Labute approximate surface area is 230 Å². The third kappa shape index (κ3) is 21.5. The Kier molecular flexibility index (Phi) is 54.3. The monoisotopic (exact) mass is 575 g/mol. The summed E-state index contributed by atoms with van der Waals surface area (Å²) in [6, 6.07) is 14.3. The van der Waals surface area contributed by atoms with Crippen molar-refractivity contribution >= 4 is 0 Å². The minimum atomic E-state index is 0. The zero-order valence-corrected chi connectivity index (χ0v) is 25.0. The molecule has 2 rings (SSSR count). The summed E-state index contributed by atoms with van der Waals surface area (Å²) >= 11 is 0. The molecule has 0 spiro atoms. The smallest absolute Gasteiger partial charge is 0.115 e. The molecule has 0 unspecified atom stereocenters. The van der Waals surface area contributed by atoms with Gasteiger partial charge in [0, 0.05) is 98.1 Å². The van der Waals surface area contributed by atoms with Crippen LogP contribution in [0.4, 0.5) is 0 Å². The summed E-state index contributed by atoms with van der Waals surface area (Å²) in [5.41, 5.74) is 2.27. The quantitative estimate of drug-likeness (QED) is 0.505. The largest absolute Gasteiger partial charge is 0.508 e. The molecule has 0 aromatic heterocycles. The van der Waals surface area contributed by atoms with Crippen LogP contribution in [0.2, 0.25) is 0 Å². The van der Waals surface area contributed by atoms with Crippen molar-refractivity contribution in [1.82, 2.24) is 0 Å². The van der Waals surface area contributed by atoms with Crippen LogP contribution < -0.4 is 0 Å². The van der Waals surface area contributed by atoms with E-state index in [0.717, 1.165) is 17.5 Å². The van der Waals surface area contributed by atoms with Crippen LogP contribution in [0.25, 0.3) is 0 Å². The third-order valence-electron chi connectivity index (χ3n) is 2.28. The SMILES string of the molecule is CC.CC.O.Oc1ccc(Cc2ccc(O)cc2)cc1.[CH3-].[CH3-].[Y].[Y].[Y]. The molecule has 0 saturated carbocycles.